The Bertz CT molecular complexity index is 1550. The Kier molecular flexibility index (Phi) is 14.1. The van der Waals surface area contributed by atoms with Crippen LogP contribution in [-0.4, -0.2) is 42.6 Å². The molecule has 0 atom stereocenters. The Labute approximate surface area is 259 Å². The fraction of sp³-hybridized carbons (Fsp3) is 0. The van der Waals surface area contributed by atoms with Gasteiger partial charge in [-0.1, -0.05) is 54.6 Å². The maximum atomic E-state index is 10.0. The second-order valence-corrected chi connectivity index (χ2v) is 7.98. The number of carbonyl (C=O) groups is 3. The number of pyridine rings is 3. The van der Waals surface area contributed by atoms with Crippen LogP contribution in [0.2, 0.25) is 0 Å². The number of rotatable bonds is 4. The molecule has 216 valence electrons. The van der Waals surface area contributed by atoms with Crippen LogP contribution in [0.3, 0.4) is 0 Å². The van der Waals surface area contributed by atoms with Gasteiger partial charge in [0.1, 0.15) is 0 Å². The number of para-hydroxylation sites is 1. The van der Waals surface area contributed by atoms with Crippen LogP contribution in [0, 0.1) is 0 Å². The summed E-state index contributed by atoms with van der Waals surface area (Å²) in [4.78, 5) is 40.6. The van der Waals surface area contributed by atoms with Crippen LogP contribution in [0.5, 0.6) is 0 Å². The molecule has 0 radical (unpaired) electrons. The van der Waals surface area contributed by atoms with Gasteiger partial charge in [0.15, 0.2) is 0 Å². The quantitative estimate of drug-likeness (QED) is 0.256. The first-order valence-corrected chi connectivity index (χ1v) is 12.2. The van der Waals surface area contributed by atoms with Crippen LogP contribution in [0.1, 0.15) is 31.5 Å². The standard InChI is InChI=1S/C13H10N2.3C6H5NO2.Ir/c1-2-7-12(8-3-1)15-10-11-6-4-5-9-13(11)14-15;3*8-6(9)5-3-1-2-4-7-5;/h1-10H;3*1-4H,(H,8,9);/q;;;;+3/p-3. The number of benzene rings is 2. The normalized spacial score (nSPS) is 9.30. The van der Waals surface area contributed by atoms with Crippen molar-refractivity contribution in [1.29, 1.82) is 0 Å². The number of aromatic nitrogens is 5. The van der Waals surface area contributed by atoms with Gasteiger partial charge in [0.25, 0.3) is 0 Å². The van der Waals surface area contributed by atoms with Crippen LogP contribution in [0.4, 0.5) is 0 Å². The molecule has 0 N–H and O–H groups in total. The molecule has 2 aromatic carbocycles. The molecule has 43 heavy (non-hydrogen) atoms. The van der Waals surface area contributed by atoms with E-state index in [0.717, 1.165) is 11.2 Å². The van der Waals surface area contributed by atoms with E-state index in [-0.39, 0.29) is 37.2 Å². The van der Waals surface area contributed by atoms with Crippen LogP contribution in [0.25, 0.3) is 16.6 Å². The van der Waals surface area contributed by atoms with E-state index in [0.29, 0.717) is 0 Å². The molecule has 6 rings (SSSR count). The number of aromatic carboxylic acids is 3. The molecular weight excluding hydrogens is 731 g/mol. The second kappa shape index (κ2) is 18.0. The number of carbonyl (C=O) groups excluding carboxylic acids is 3. The molecule has 0 unspecified atom stereocenters. The van der Waals surface area contributed by atoms with Crippen molar-refractivity contribution in [3.8, 4) is 5.69 Å². The number of nitrogens with zero attached hydrogens (tertiary/aromatic N) is 5. The molecule has 0 saturated carbocycles. The monoisotopic (exact) mass is 753 g/mol. The van der Waals surface area contributed by atoms with E-state index < -0.39 is 17.9 Å². The van der Waals surface area contributed by atoms with Crippen molar-refractivity contribution in [3.63, 3.8) is 0 Å². The summed E-state index contributed by atoms with van der Waals surface area (Å²) in [5, 5.41) is 35.7. The summed E-state index contributed by atoms with van der Waals surface area (Å²) >= 11 is 0. The first kappa shape index (κ1) is 33.6. The minimum atomic E-state index is -1.24. The minimum absolute atomic E-state index is 0. The van der Waals surface area contributed by atoms with Crippen LogP contribution >= 0.6 is 0 Å². The van der Waals surface area contributed by atoms with Crippen LogP contribution in [0.15, 0.2) is 134 Å². The first-order valence-electron chi connectivity index (χ1n) is 12.2. The van der Waals surface area contributed by atoms with Crippen molar-refractivity contribution in [3.05, 3.63) is 151 Å². The topological polar surface area (TPSA) is 177 Å². The van der Waals surface area contributed by atoms with Gasteiger partial charge in [-0.25, -0.2) is 4.68 Å². The van der Waals surface area contributed by atoms with Gasteiger partial charge in [-0.2, -0.15) is 5.10 Å². The number of fused-ring (bicyclic) bond motifs is 1. The molecule has 0 aliphatic heterocycles. The zero-order valence-corrected chi connectivity index (χ0v) is 24.6. The van der Waals surface area contributed by atoms with E-state index in [4.69, 9.17) is 0 Å². The van der Waals surface area contributed by atoms with Gasteiger partial charge < -0.3 is 29.7 Å². The summed E-state index contributed by atoms with van der Waals surface area (Å²) in [6.45, 7) is 0. The Morgan fingerprint density at radius 3 is 1.26 bits per heavy atom. The summed E-state index contributed by atoms with van der Waals surface area (Å²) in [6, 6.07) is 32.1. The molecule has 4 heterocycles. The van der Waals surface area contributed by atoms with Gasteiger partial charge in [-0.05, 0) is 54.6 Å². The van der Waals surface area contributed by atoms with Gasteiger partial charge in [0, 0.05) is 30.2 Å². The van der Waals surface area contributed by atoms with Gasteiger partial charge in [-0.3, -0.25) is 15.0 Å². The van der Waals surface area contributed by atoms with Gasteiger partial charge >= 0.3 is 20.1 Å². The molecule has 0 aliphatic carbocycles. The molecule has 12 heteroatoms. The minimum Gasteiger partial charge on any atom is -0.543 e. The molecule has 0 aliphatic rings. The summed E-state index contributed by atoms with van der Waals surface area (Å²) in [5.74, 6) is -3.72. The Balaban J connectivity index is 0.000000206. The average molecular weight is 753 g/mol. The number of hydrogen-bond donors (Lipinski definition) is 0. The SMILES string of the molecule is O=C([O-])c1ccccn1.O=C([O-])c1ccccn1.O=C([O-])c1ccccn1.[Ir+3].c1ccc(-n2cc3ccccc3n2)cc1. The zero-order valence-electron chi connectivity index (χ0n) is 22.2. The van der Waals surface area contributed by atoms with Gasteiger partial charge in [0.05, 0.1) is 46.2 Å². The summed E-state index contributed by atoms with van der Waals surface area (Å²) in [7, 11) is 0. The molecule has 0 bridgehead atoms. The fourth-order valence-corrected chi connectivity index (χ4v) is 3.13. The maximum Gasteiger partial charge on any atom is 3.00 e. The number of hydrogen-bond acceptors (Lipinski definition) is 10. The predicted molar refractivity (Wildman–Crippen MR) is 147 cm³/mol. The Hall–Kier alpha value is -5.58. The molecule has 0 saturated heterocycles. The van der Waals surface area contributed by atoms with Crippen molar-refractivity contribution in [1.82, 2.24) is 24.7 Å². The van der Waals surface area contributed by atoms with Crippen molar-refractivity contribution in [2.24, 2.45) is 0 Å². The average Bonchev–Trinajstić information content (AvgIpc) is 3.48. The van der Waals surface area contributed by atoms with Crippen LogP contribution in [-0.2, 0) is 20.1 Å². The third kappa shape index (κ3) is 11.4. The molecular formula is C31H22IrN5O6. The molecule has 11 nitrogen and oxygen atoms in total. The van der Waals surface area contributed by atoms with Crippen molar-refractivity contribution in [2.75, 3.05) is 0 Å². The molecule has 0 amide bonds. The molecule has 0 spiro atoms. The van der Waals surface area contributed by atoms with E-state index in [9.17, 15) is 29.7 Å². The maximum absolute atomic E-state index is 10.0. The van der Waals surface area contributed by atoms with E-state index in [1.54, 1.807) is 36.4 Å². The second-order valence-electron chi connectivity index (χ2n) is 7.98. The van der Waals surface area contributed by atoms with Crippen molar-refractivity contribution >= 4 is 28.8 Å². The number of carboxylic acid groups (broad SMARTS) is 3. The van der Waals surface area contributed by atoms with Crippen LogP contribution < -0.4 is 15.3 Å². The molecule has 0 fully saturated rings. The fourth-order valence-electron chi connectivity index (χ4n) is 3.13. The third-order valence-corrected chi connectivity index (χ3v) is 5.06. The first-order chi connectivity index (χ1) is 20.3. The molecule has 4 aromatic heterocycles. The van der Waals surface area contributed by atoms with Gasteiger partial charge in [0.2, 0.25) is 0 Å². The van der Waals surface area contributed by atoms with E-state index in [1.165, 1.54) is 42.2 Å². The van der Waals surface area contributed by atoms with E-state index in [1.807, 2.05) is 59.4 Å². The zero-order chi connectivity index (χ0) is 30.2. The number of carboxylic acids is 3. The summed E-state index contributed by atoms with van der Waals surface area (Å²) in [6.07, 6.45) is 6.27. The van der Waals surface area contributed by atoms with Crippen molar-refractivity contribution in [2.45, 2.75) is 0 Å². The van der Waals surface area contributed by atoms with E-state index >= 15 is 0 Å². The Morgan fingerprint density at radius 2 is 0.907 bits per heavy atom. The van der Waals surface area contributed by atoms with E-state index in [2.05, 4.69) is 26.1 Å². The smallest absolute Gasteiger partial charge is 0.543 e. The summed E-state index contributed by atoms with van der Waals surface area (Å²) < 4.78 is 1.91. The van der Waals surface area contributed by atoms with Gasteiger partial charge in [-0.15, -0.1) is 0 Å². The molecule has 6 aromatic rings. The third-order valence-electron chi connectivity index (χ3n) is 5.06. The Morgan fingerprint density at radius 1 is 0.512 bits per heavy atom. The van der Waals surface area contributed by atoms with Crippen molar-refractivity contribution < 1.29 is 49.8 Å². The predicted octanol–water partition coefficient (Wildman–Crippen LogP) is 1.36. The summed E-state index contributed by atoms with van der Waals surface area (Å²) in [5.41, 5.74) is 2.03. The largest absolute Gasteiger partial charge is 3.00 e.